The Morgan fingerprint density at radius 2 is 2.20 bits per heavy atom. The number of hydrogen-bond acceptors (Lipinski definition) is 2. The molecule has 0 amide bonds. The van der Waals surface area contributed by atoms with Gasteiger partial charge in [-0.25, -0.2) is 0 Å². The fourth-order valence-electron chi connectivity index (χ4n) is 1.91. The van der Waals surface area contributed by atoms with Gasteiger partial charge in [0.2, 0.25) is 0 Å². The number of halogens is 1. The molecule has 82 valence electrons. The zero-order chi connectivity index (χ0) is 10.8. The van der Waals surface area contributed by atoms with E-state index in [1.54, 1.807) is 0 Å². The molecule has 2 rings (SSSR count). The van der Waals surface area contributed by atoms with Gasteiger partial charge in [-0.05, 0) is 59.8 Å². The van der Waals surface area contributed by atoms with Crippen LogP contribution in [-0.2, 0) is 0 Å². The minimum Gasteiger partial charge on any atom is -0.487 e. The summed E-state index contributed by atoms with van der Waals surface area (Å²) < 4.78 is 6.74. The normalized spacial score (nSPS) is 25.5. The molecule has 0 bridgehead atoms. The van der Waals surface area contributed by atoms with Gasteiger partial charge >= 0.3 is 0 Å². The summed E-state index contributed by atoms with van der Waals surface area (Å²) in [6.07, 6.45) is 2.51. The van der Waals surface area contributed by atoms with E-state index in [0.29, 0.717) is 0 Å². The van der Waals surface area contributed by atoms with Crippen LogP contribution in [0.2, 0.25) is 0 Å². The number of aryl methyl sites for hydroxylation is 1. The van der Waals surface area contributed by atoms with Crippen molar-refractivity contribution in [3.05, 3.63) is 28.2 Å². The molecule has 0 aromatic heterocycles. The van der Waals surface area contributed by atoms with Crippen molar-refractivity contribution in [1.82, 2.24) is 0 Å². The number of rotatable bonds is 2. The van der Waals surface area contributed by atoms with Gasteiger partial charge in [-0.1, -0.05) is 6.07 Å². The van der Waals surface area contributed by atoms with Crippen molar-refractivity contribution in [2.45, 2.75) is 38.4 Å². The topological polar surface area (TPSA) is 29.5 Å². The summed E-state index contributed by atoms with van der Waals surface area (Å²) >= 11 is 3.47. The predicted octanol–water partition coefficient (Wildman–Crippen LogP) is 3.05. The summed E-state index contributed by atoms with van der Waals surface area (Å²) in [4.78, 5) is 0. The second kappa shape index (κ2) is 4.54. The van der Waals surface area contributed by atoms with Crippen LogP contribution in [0.1, 0.15) is 24.8 Å². The Morgan fingerprint density at radius 3 is 2.80 bits per heavy atom. The summed E-state index contributed by atoms with van der Waals surface area (Å²) in [7, 11) is 0. The van der Waals surface area contributed by atoms with E-state index in [9.17, 15) is 5.11 Å². The average molecular weight is 271 g/mol. The van der Waals surface area contributed by atoms with E-state index in [0.717, 1.165) is 29.5 Å². The number of aliphatic hydroxyl groups excluding tert-OH is 1. The van der Waals surface area contributed by atoms with Gasteiger partial charge < -0.3 is 9.84 Å². The molecule has 0 saturated heterocycles. The summed E-state index contributed by atoms with van der Waals surface area (Å²) in [5.74, 6) is 0.826. The van der Waals surface area contributed by atoms with Gasteiger partial charge in [0.25, 0.3) is 0 Å². The highest BCUT2D eigenvalue weighted by Crippen LogP contribution is 2.30. The van der Waals surface area contributed by atoms with Gasteiger partial charge in [0.1, 0.15) is 11.9 Å². The quantitative estimate of drug-likeness (QED) is 0.895. The van der Waals surface area contributed by atoms with Crippen molar-refractivity contribution in [2.24, 2.45) is 0 Å². The van der Waals surface area contributed by atoms with Gasteiger partial charge in [-0.2, -0.15) is 0 Å². The standard InChI is InChI=1S/C12H15BrO2/c1-8-5-6-11(9(13)7-8)15-12-4-2-3-10(12)14/h5-7,10,12,14H,2-4H2,1H3/t10-,12-/m0/s1. The van der Waals surface area contributed by atoms with Gasteiger partial charge in [0, 0.05) is 0 Å². The molecular formula is C12H15BrO2. The minimum atomic E-state index is -0.307. The summed E-state index contributed by atoms with van der Waals surface area (Å²) in [6, 6.07) is 5.99. The van der Waals surface area contributed by atoms with Gasteiger partial charge in [-0.3, -0.25) is 0 Å². The van der Waals surface area contributed by atoms with Crippen molar-refractivity contribution >= 4 is 15.9 Å². The first-order chi connectivity index (χ1) is 7.16. The van der Waals surface area contributed by atoms with E-state index in [2.05, 4.69) is 15.9 Å². The zero-order valence-corrected chi connectivity index (χ0v) is 10.3. The molecule has 1 aliphatic rings. The molecule has 0 unspecified atom stereocenters. The molecule has 1 aliphatic carbocycles. The Hall–Kier alpha value is -0.540. The second-order valence-corrected chi connectivity index (χ2v) is 4.94. The first-order valence-electron chi connectivity index (χ1n) is 5.27. The highest BCUT2D eigenvalue weighted by Gasteiger charge is 2.27. The van der Waals surface area contributed by atoms with Crippen LogP contribution in [0.15, 0.2) is 22.7 Å². The van der Waals surface area contributed by atoms with E-state index in [4.69, 9.17) is 4.74 Å². The largest absolute Gasteiger partial charge is 0.487 e. The molecular weight excluding hydrogens is 256 g/mol. The molecule has 1 aromatic carbocycles. The van der Waals surface area contributed by atoms with Crippen molar-refractivity contribution in [1.29, 1.82) is 0 Å². The number of hydrogen-bond donors (Lipinski definition) is 1. The van der Waals surface area contributed by atoms with Crippen molar-refractivity contribution in [3.8, 4) is 5.75 Å². The molecule has 1 fully saturated rings. The molecule has 2 atom stereocenters. The third kappa shape index (κ3) is 2.52. The Balaban J connectivity index is 2.10. The highest BCUT2D eigenvalue weighted by atomic mass is 79.9. The van der Waals surface area contributed by atoms with E-state index >= 15 is 0 Å². The van der Waals surface area contributed by atoms with Crippen LogP contribution >= 0.6 is 15.9 Å². The maximum atomic E-state index is 9.66. The first kappa shape index (κ1) is 11.0. The molecule has 15 heavy (non-hydrogen) atoms. The lowest BCUT2D eigenvalue weighted by Crippen LogP contribution is -2.25. The SMILES string of the molecule is Cc1ccc(O[C@H]2CCC[C@@H]2O)c(Br)c1. The summed E-state index contributed by atoms with van der Waals surface area (Å²) in [5.41, 5.74) is 1.20. The van der Waals surface area contributed by atoms with E-state index in [1.807, 2.05) is 25.1 Å². The Labute approximate surface area is 98.4 Å². The maximum absolute atomic E-state index is 9.66. The number of ether oxygens (including phenoxy) is 1. The van der Waals surface area contributed by atoms with Gasteiger partial charge in [-0.15, -0.1) is 0 Å². The summed E-state index contributed by atoms with van der Waals surface area (Å²) in [6.45, 7) is 2.04. The van der Waals surface area contributed by atoms with Crippen LogP contribution in [-0.4, -0.2) is 17.3 Å². The lowest BCUT2D eigenvalue weighted by atomic mass is 10.2. The smallest absolute Gasteiger partial charge is 0.134 e. The Kier molecular flexibility index (Phi) is 3.32. The first-order valence-corrected chi connectivity index (χ1v) is 6.07. The second-order valence-electron chi connectivity index (χ2n) is 4.09. The molecule has 0 radical (unpaired) electrons. The molecule has 0 spiro atoms. The molecule has 1 saturated carbocycles. The maximum Gasteiger partial charge on any atom is 0.134 e. The fraction of sp³-hybridized carbons (Fsp3) is 0.500. The third-order valence-electron chi connectivity index (χ3n) is 2.78. The monoisotopic (exact) mass is 270 g/mol. The average Bonchev–Trinajstić information content (AvgIpc) is 2.57. The number of aliphatic hydroxyl groups is 1. The van der Waals surface area contributed by atoms with Crippen LogP contribution in [0.3, 0.4) is 0 Å². The van der Waals surface area contributed by atoms with E-state index in [-0.39, 0.29) is 12.2 Å². The Bertz CT molecular complexity index is 351. The fourth-order valence-corrected chi connectivity index (χ4v) is 2.50. The van der Waals surface area contributed by atoms with Crippen LogP contribution in [0.25, 0.3) is 0 Å². The lowest BCUT2D eigenvalue weighted by molar-refractivity contribution is 0.0599. The van der Waals surface area contributed by atoms with Crippen LogP contribution in [0.5, 0.6) is 5.75 Å². The molecule has 0 aliphatic heterocycles. The number of benzene rings is 1. The summed E-state index contributed by atoms with van der Waals surface area (Å²) in [5, 5.41) is 9.66. The third-order valence-corrected chi connectivity index (χ3v) is 3.40. The molecule has 1 aromatic rings. The van der Waals surface area contributed by atoms with Crippen molar-refractivity contribution in [3.63, 3.8) is 0 Å². The predicted molar refractivity (Wildman–Crippen MR) is 63.2 cm³/mol. The molecule has 1 N–H and O–H groups in total. The Morgan fingerprint density at radius 1 is 1.40 bits per heavy atom. The molecule has 3 heteroatoms. The zero-order valence-electron chi connectivity index (χ0n) is 8.74. The minimum absolute atomic E-state index is 0.0380. The van der Waals surface area contributed by atoms with Gasteiger partial charge in [0.05, 0.1) is 10.6 Å². The molecule has 2 nitrogen and oxygen atoms in total. The van der Waals surface area contributed by atoms with E-state index < -0.39 is 0 Å². The van der Waals surface area contributed by atoms with Crippen LogP contribution in [0, 0.1) is 6.92 Å². The van der Waals surface area contributed by atoms with Crippen LogP contribution in [0.4, 0.5) is 0 Å². The molecule has 0 heterocycles. The van der Waals surface area contributed by atoms with Crippen LogP contribution < -0.4 is 4.74 Å². The van der Waals surface area contributed by atoms with E-state index in [1.165, 1.54) is 5.56 Å². The van der Waals surface area contributed by atoms with Crippen molar-refractivity contribution < 1.29 is 9.84 Å². The lowest BCUT2D eigenvalue weighted by Gasteiger charge is -2.18. The van der Waals surface area contributed by atoms with Crippen molar-refractivity contribution in [2.75, 3.05) is 0 Å². The van der Waals surface area contributed by atoms with Gasteiger partial charge in [0.15, 0.2) is 0 Å². The highest BCUT2D eigenvalue weighted by molar-refractivity contribution is 9.10.